The lowest BCUT2D eigenvalue weighted by Gasteiger charge is -2.17. The van der Waals surface area contributed by atoms with Gasteiger partial charge in [0.15, 0.2) is 0 Å². The highest BCUT2D eigenvalue weighted by molar-refractivity contribution is 5.79. The molecule has 1 unspecified atom stereocenters. The van der Waals surface area contributed by atoms with Gasteiger partial charge in [0, 0.05) is 7.05 Å². The van der Waals surface area contributed by atoms with Gasteiger partial charge in [0.05, 0.1) is 6.54 Å². The summed E-state index contributed by atoms with van der Waals surface area (Å²) < 4.78 is 5.31. The Labute approximate surface area is 83.1 Å². The molecule has 1 heterocycles. The molecule has 1 N–H and O–H groups in total. The highest BCUT2D eigenvalue weighted by atomic mass is 16.3. The number of rotatable bonds is 3. The number of carbonyl (C=O) groups is 1. The maximum atomic E-state index is 11.3. The second kappa shape index (κ2) is 4.28. The van der Waals surface area contributed by atoms with Crippen molar-refractivity contribution in [2.24, 2.45) is 0 Å². The van der Waals surface area contributed by atoms with Crippen molar-refractivity contribution in [1.29, 1.82) is 0 Å². The summed E-state index contributed by atoms with van der Waals surface area (Å²) >= 11 is 0. The Balaban J connectivity index is 2.57. The predicted molar refractivity (Wildman–Crippen MR) is 51.6 cm³/mol. The third-order valence-corrected chi connectivity index (χ3v) is 1.92. The van der Waals surface area contributed by atoms with Crippen molar-refractivity contribution in [2.45, 2.75) is 26.5 Å². The molecular weight excluding hydrogens is 182 g/mol. The van der Waals surface area contributed by atoms with E-state index in [0.717, 1.165) is 11.5 Å². The molecule has 1 amide bonds. The number of furan rings is 1. The molecule has 0 aliphatic heterocycles. The van der Waals surface area contributed by atoms with E-state index in [2.05, 4.69) is 0 Å². The first kappa shape index (κ1) is 10.8. The van der Waals surface area contributed by atoms with Crippen molar-refractivity contribution in [2.75, 3.05) is 7.05 Å². The minimum atomic E-state index is -0.962. The van der Waals surface area contributed by atoms with Crippen LogP contribution in [0, 0.1) is 6.92 Å². The van der Waals surface area contributed by atoms with Gasteiger partial charge in [0.1, 0.15) is 17.6 Å². The van der Waals surface area contributed by atoms with Gasteiger partial charge < -0.3 is 14.4 Å². The van der Waals surface area contributed by atoms with Crippen molar-refractivity contribution in [3.8, 4) is 0 Å². The predicted octanol–water partition coefficient (Wildman–Crippen LogP) is 0.927. The Morgan fingerprint density at radius 1 is 1.64 bits per heavy atom. The topological polar surface area (TPSA) is 53.7 Å². The molecule has 0 radical (unpaired) electrons. The first-order valence-electron chi connectivity index (χ1n) is 4.49. The molecule has 0 bridgehead atoms. The van der Waals surface area contributed by atoms with Gasteiger partial charge in [-0.2, -0.15) is 0 Å². The van der Waals surface area contributed by atoms with Crippen molar-refractivity contribution >= 4 is 5.91 Å². The molecule has 1 aromatic rings. The lowest BCUT2D eigenvalue weighted by molar-refractivity contribution is -0.138. The van der Waals surface area contributed by atoms with E-state index in [1.807, 2.05) is 19.1 Å². The minimum absolute atomic E-state index is 0.306. The van der Waals surface area contributed by atoms with Gasteiger partial charge in [-0.25, -0.2) is 0 Å². The molecule has 0 fully saturated rings. The van der Waals surface area contributed by atoms with Crippen LogP contribution in [-0.4, -0.2) is 29.1 Å². The fourth-order valence-corrected chi connectivity index (χ4v) is 1.20. The highest BCUT2D eigenvalue weighted by Crippen LogP contribution is 2.09. The molecule has 0 aliphatic rings. The molecule has 0 aromatic carbocycles. The van der Waals surface area contributed by atoms with Crippen LogP contribution in [0.5, 0.6) is 0 Å². The molecule has 0 aliphatic carbocycles. The molecule has 4 nitrogen and oxygen atoms in total. The number of nitrogens with zero attached hydrogens (tertiary/aromatic N) is 1. The number of hydrogen-bond acceptors (Lipinski definition) is 3. The van der Waals surface area contributed by atoms with Gasteiger partial charge in [0.2, 0.25) is 0 Å². The molecule has 4 heteroatoms. The van der Waals surface area contributed by atoms with Crippen LogP contribution in [0.25, 0.3) is 0 Å². The monoisotopic (exact) mass is 197 g/mol. The van der Waals surface area contributed by atoms with E-state index in [-0.39, 0.29) is 5.91 Å². The number of aliphatic hydroxyl groups is 1. The Hall–Kier alpha value is -1.29. The Morgan fingerprint density at radius 2 is 2.29 bits per heavy atom. The van der Waals surface area contributed by atoms with Crippen LogP contribution in [0.2, 0.25) is 0 Å². The number of likely N-dealkylation sites (N-methyl/N-ethyl adjacent to an activating group) is 1. The SMILES string of the molecule is Cc1ccc(CN(C)C(=O)C(C)O)o1. The summed E-state index contributed by atoms with van der Waals surface area (Å²) in [4.78, 5) is 12.7. The minimum Gasteiger partial charge on any atom is -0.464 e. The lowest BCUT2D eigenvalue weighted by Crippen LogP contribution is -2.33. The van der Waals surface area contributed by atoms with E-state index in [4.69, 9.17) is 9.52 Å². The zero-order chi connectivity index (χ0) is 10.7. The van der Waals surface area contributed by atoms with Crippen LogP contribution in [-0.2, 0) is 11.3 Å². The maximum Gasteiger partial charge on any atom is 0.251 e. The first-order valence-corrected chi connectivity index (χ1v) is 4.49. The van der Waals surface area contributed by atoms with Gasteiger partial charge in [-0.1, -0.05) is 0 Å². The molecule has 1 atom stereocenters. The zero-order valence-electron chi connectivity index (χ0n) is 8.65. The summed E-state index contributed by atoms with van der Waals surface area (Å²) in [6.45, 7) is 3.68. The molecular formula is C10H15NO3. The van der Waals surface area contributed by atoms with E-state index in [1.165, 1.54) is 11.8 Å². The third-order valence-electron chi connectivity index (χ3n) is 1.92. The Morgan fingerprint density at radius 3 is 2.71 bits per heavy atom. The van der Waals surface area contributed by atoms with Crippen LogP contribution in [0.4, 0.5) is 0 Å². The van der Waals surface area contributed by atoms with Gasteiger partial charge >= 0.3 is 0 Å². The summed E-state index contributed by atoms with van der Waals surface area (Å²) in [6.07, 6.45) is -0.962. The summed E-state index contributed by atoms with van der Waals surface area (Å²) in [5, 5.41) is 9.05. The number of hydrogen-bond donors (Lipinski definition) is 1. The van der Waals surface area contributed by atoms with Crippen molar-refractivity contribution < 1.29 is 14.3 Å². The summed E-state index contributed by atoms with van der Waals surface area (Å²) in [6, 6.07) is 3.66. The van der Waals surface area contributed by atoms with Crippen molar-refractivity contribution in [3.05, 3.63) is 23.7 Å². The summed E-state index contributed by atoms with van der Waals surface area (Å²) in [7, 11) is 1.63. The average molecular weight is 197 g/mol. The molecule has 14 heavy (non-hydrogen) atoms. The second-order valence-electron chi connectivity index (χ2n) is 3.38. The molecule has 1 aromatic heterocycles. The smallest absolute Gasteiger partial charge is 0.251 e. The van der Waals surface area contributed by atoms with Crippen LogP contribution in [0.1, 0.15) is 18.4 Å². The first-order chi connectivity index (χ1) is 6.50. The Kier molecular flexibility index (Phi) is 3.30. The molecule has 1 rings (SSSR count). The number of aryl methyl sites for hydroxylation is 1. The van der Waals surface area contributed by atoms with E-state index in [0.29, 0.717) is 6.54 Å². The molecule has 0 spiro atoms. The fourth-order valence-electron chi connectivity index (χ4n) is 1.20. The van der Waals surface area contributed by atoms with E-state index in [1.54, 1.807) is 7.05 Å². The largest absolute Gasteiger partial charge is 0.464 e. The van der Waals surface area contributed by atoms with E-state index < -0.39 is 6.10 Å². The fraction of sp³-hybridized carbons (Fsp3) is 0.500. The number of aliphatic hydroxyl groups excluding tert-OH is 1. The van der Waals surface area contributed by atoms with Crippen LogP contribution >= 0.6 is 0 Å². The Bertz CT molecular complexity index is 317. The molecule has 0 saturated carbocycles. The average Bonchev–Trinajstić information content (AvgIpc) is 2.49. The van der Waals surface area contributed by atoms with Crippen LogP contribution in [0.3, 0.4) is 0 Å². The van der Waals surface area contributed by atoms with E-state index in [9.17, 15) is 4.79 Å². The molecule has 0 saturated heterocycles. The van der Waals surface area contributed by atoms with Gasteiger partial charge in [-0.15, -0.1) is 0 Å². The summed E-state index contributed by atoms with van der Waals surface area (Å²) in [5.74, 6) is 1.23. The number of amides is 1. The van der Waals surface area contributed by atoms with E-state index >= 15 is 0 Å². The van der Waals surface area contributed by atoms with Crippen molar-refractivity contribution in [1.82, 2.24) is 4.90 Å². The van der Waals surface area contributed by atoms with Gasteiger partial charge in [0.25, 0.3) is 5.91 Å². The van der Waals surface area contributed by atoms with Crippen molar-refractivity contribution in [3.63, 3.8) is 0 Å². The third kappa shape index (κ3) is 2.60. The van der Waals surface area contributed by atoms with Crippen LogP contribution < -0.4 is 0 Å². The quantitative estimate of drug-likeness (QED) is 0.784. The van der Waals surface area contributed by atoms with Crippen LogP contribution in [0.15, 0.2) is 16.5 Å². The highest BCUT2D eigenvalue weighted by Gasteiger charge is 2.15. The van der Waals surface area contributed by atoms with Gasteiger partial charge in [-0.3, -0.25) is 4.79 Å². The molecule has 78 valence electrons. The normalized spacial score (nSPS) is 12.6. The maximum absolute atomic E-state index is 11.3. The summed E-state index contributed by atoms with van der Waals surface area (Å²) in [5.41, 5.74) is 0. The number of carbonyl (C=O) groups excluding carboxylic acids is 1. The lowest BCUT2D eigenvalue weighted by atomic mass is 10.3. The standard InChI is InChI=1S/C10H15NO3/c1-7-4-5-9(14-7)6-11(3)10(13)8(2)12/h4-5,8,12H,6H2,1-3H3. The second-order valence-corrected chi connectivity index (χ2v) is 3.38. The van der Waals surface area contributed by atoms with Gasteiger partial charge in [-0.05, 0) is 26.0 Å². The zero-order valence-corrected chi connectivity index (χ0v) is 8.65.